The third-order valence-corrected chi connectivity index (χ3v) is 7.15. The highest BCUT2D eigenvalue weighted by Gasteiger charge is 2.37. The maximum absolute atomic E-state index is 11.1. The number of rotatable bonds is 4. The van der Waals surface area contributed by atoms with Gasteiger partial charge in [0, 0.05) is 0 Å². The lowest BCUT2D eigenvalue weighted by Crippen LogP contribution is -2.42. The van der Waals surface area contributed by atoms with Gasteiger partial charge in [-0.2, -0.15) is 5.26 Å². The molecule has 14 heavy (non-hydrogen) atoms. The largest absolute Gasteiger partial charge is 0.409 e. The molecule has 0 aliphatic rings. The number of Topliss-reactive ketones (excluding diaryl/α,β-unsaturated/α-hetero) is 1. The predicted octanol–water partition coefficient (Wildman–Crippen LogP) is 2.49. The van der Waals surface area contributed by atoms with Crippen molar-refractivity contribution in [2.75, 3.05) is 6.61 Å². The Hall–Kier alpha value is -0.663. The summed E-state index contributed by atoms with van der Waals surface area (Å²) in [7, 11) is -1.83. The standard InChI is InChI=1S/C10H19NO2Si/c1-10(2,3)14(4,5)13-8-9(12)6-7-11/h6,8H2,1-5H3. The van der Waals surface area contributed by atoms with Crippen LogP contribution < -0.4 is 0 Å². The van der Waals surface area contributed by atoms with Crippen LogP contribution in [0.25, 0.3) is 0 Å². The molecular weight excluding hydrogens is 194 g/mol. The van der Waals surface area contributed by atoms with Gasteiger partial charge in [-0.25, -0.2) is 0 Å². The highest BCUT2D eigenvalue weighted by atomic mass is 28.4. The van der Waals surface area contributed by atoms with E-state index in [1.807, 2.05) is 6.07 Å². The summed E-state index contributed by atoms with van der Waals surface area (Å²) in [4.78, 5) is 11.1. The second-order valence-corrected chi connectivity index (χ2v) is 9.73. The minimum absolute atomic E-state index is 0.0470. The Morgan fingerprint density at radius 2 is 1.93 bits per heavy atom. The second-order valence-electron chi connectivity index (χ2n) is 4.92. The maximum atomic E-state index is 11.1. The van der Waals surface area contributed by atoms with Gasteiger partial charge in [-0.1, -0.05) is 20.8 Å². The number of hydrogen-bond acceptors (Lipinski definition) is 3. The van der Waals surface area contributed by atoms with E-state index in [4.69, 9.17) is 9.69 Å². The van der Waals surface area contributed by atoms with E-state index in [9.17, 15) is 4.79 Å². The number of carbonyl (C=O) groups excluding carboxylic acids is 1. The van der Waals surface area contributed by atoms with Gasteiger partial charge in [0.2, 0.25) is 0 Å². The SMILES string of the molecule is CC(C)(C)[Si](C)(C)OCC(=O)CC#N. The van der Waals surface area contributed by atoms with Crippen LogP contribution in [0.1, 0.15) is 27.2 Å². The molecule has 0 fully saturated rings. The Morgan fingerprint density at radius 1 is 1.43 bits per heavy atom. The lowest BCUT2D eigenvalue weighted by Gasteiger charge is -2.35. The fourth-order valence-electron chi connectivity index (χ4n) is 0.617. The van der Waals surface area contributed by atoms with Gasteiger partial charge in [0.05, 0.1) is 19.1 Å². The van der Waals surface area contributed by atoms with Gasteiger partial charge in [-0.3, -0.25) is 4.79 Å². The summed E-state index contributed by atoms with van der Waals surface area (Å²) in [5, 5.41) is 8.42. The molecule has 80 valence electrons. The average Bonchev–Trinajstić information content (AvgIpc) is 1.99. The molecule has 4 heteroatoms. The molecular formula is C10H19NO2Si. The summed E-state index contributed by atoms with van der Waals surface area (Å²) in [5.74, 6) is -0.127. The fraction of sp³-hybridized carbons (Fsp3) is 0.800. The molecule has 0 radical (unpaired) electrons. The first-order valence-electron chi connectivity index (χ1n) is 4.73. The zero-order valence-electron chi connectivity index (χ0n) is 9.68. The van der Waals surface area contributed by atoms with E-state index in [1.165, 1.54) is 0 Å². The van der Waals surface area contributed by atoms with E-state index < -0.39 is 8.32 Å². The van der Waals surface area contributed by atoms with Gasteiger partial charge < -0.3 is 4.43 Å². The van der Waals surface area contributed by atoms with Crippen molar-refractivity contribution in [1.29, 1.82) is 5.26 Å². The number of carbonyl (C=O) groups is 1. The first kappa shape index (κ1) is 13.3. The van der Waals surface area contributed by atoms with Crippen LogP contribution in [0.3, 0.4) is 0 Å². The minimum Gasteiger partial charge on any atom is -0.409 e. The van der Waals surface area contributed by atoms with Crippen molar-refractivity contribution in [3.05, 3.63) is 0 Å². The lowest BCUT2D eigenvalue weighted by atomic mass is 10.2. The molecule has 0 saturated carbocycles. The molecule has 0 aromatic heterocycles. The van der Waals surface area contributed by atoms with Gasteiger partial charge in [0.25, 0.3) is 0 Å². The fourth-order valence-corrected chi connectivity index (χ4v) is 1.57. The summed E-state index contributed by atoms with van der Waals surface area (Å²) in [6, 6.07) is 1.83. The van der Waals surface area contributed by atoms with E-state index in [1.54, 1.807) is 0 Å². The van der Waals surface area contributed by atoms with Crippen LogP contribution >= 0.6 is 0 Å². The molecule has 0 spiro atoms. The van der Waals surface area contributed by atoms with Gasteiger partial charge >= 0.3 is 0 Å². The van der Waals surface area contributed by atoms with Crippen LogP contribution in [0, 0.1) is 11.3 Å². The Labute approximate surface area is 87.2 Å². The number of hydrogen-bond donors (Lipinski definition) is 0. The summed E-state index contributed by atoms with van der Waals surface area (Å²) in [5.41, 5.74) is 0. The molecule has 0 rings (SSSR count). The van der Waals surface area contributed by atoms with Crippen molar-refractivity contribution in [3.8, 4) is 6.07 Å². The predicted molar refractivity (Wildman–Crippen MR) is 58.4 cm³/mol. The molecule has 0 amide bonds. The highest BCUT2D eigenvalue weighted by Crippen LogP contribution is 2.36. The van der Waals surface area contributed by atoms with Gasteiger partial charge in [0.1, 0.15) is 0 Å². The van der Waals surface area contributed by atoms with Crippen molar-refractivity contribution in [2.45, 2.75) is 45.3 Å². The Bertz CT molecular complexity index is 248. The second kappa shape index (κ2) is 4.72. The van der Waals surface area contributed by atoms with Crippen molar-refractivity contribution in [1.82, 2.24) is 0 Å². The molecule has 0 unspecified atom stereocenters. The molecule has 0 atom stereocenters. The monoisotopic (exact) mass is 213 g/mol. The van der Waals surface area contributed by atoms with Gasteiger partial charge in [-0.15, -0.1) is 0 Å². The molecule has 0 aromatic rings. The van der Waals surface area contributed by atoms with Crippen molar-refractivity contribution in [3.63, 3.8) is 0 Å². The van der Waals surface area contributed by atoms with E-state index in [-0.39, 0.29) is 23.8 Å². The highest BCUT2D eigenvalue weighted by molar-refractivity contribution is 6.74. The van der Waals surface area contributed by atoms with Crippen LogP contribution in [0.4, 0.5) is 0 Å². The van der Waals surface area contributed by atoms with Gasteiger partial charge in [-0.05, 0) is 18.1 Å². The Morgan fingerprint density at radius 3 is 2.29 bits per heavy atom. The summed E-state index contributed by atoms with van der Waals surface area (Å²) < 4.78 is 5.65. The number of ketones is 1. The smallest absolute Gasteiger partial charge is 0.192 e. The normalized spacial score (nSPS) is 12.3. The van der Waals surface area contributed by atoms with Crippen molar-refractivity contribution in [2.24, 2.45) is 0 Å². The van der Waals surface area contributed by atoms with Crippen LogP contribution in [0.15, 0.2) is 0 Å². The van der Waals surface area contributed by atoms with E-state index in [2.05, 4.69) is 33.9 Å². The molecule has 0 aromatic carbocycles. The molecule has 3 nitrogen and oxygen atoms in total. The quantitative estimate of drug-likeness (QED) is 0.674. The first-order chi connectivity index (χ1) is 6.20. The van der Waals surface area contributed by atoms with Crippen LogP contribution in [0.5, 0.6) is 0 Å². The summed E-state index contributed by atoms with van der Waals surface area (Å²) >= 11 is 0. The van der Waals surface area contributed by atoms with Crippen molar-refractivity contribution >= 4 is 14.1 Å². The number of nitriles is 1. The molecule has 0 aliphatic heterocycles. The first-order valence-corrected chi connectivity index (χ1v) is 7.64. The minimum atomic E-state index is -1.83. The summed E-state index contributed by atoms with van der Waals surface area (Å²) in [6.07, 6.45) is -0.0470. The molecule has 0 saturated heterocycles. The third-order valence-electron chi connectivity index (χ3n) is 2.68. The topological polar surface area (TPSA) is 50.1 Å². The zero-order chi connectivity index (χ0) is 11.4. The Balaban J connectivity index is 4.14. The Kier molecular flexibility index (Phi) is 4.49. The van der Waals surface area contributed by atoms with Crippen LogP contribution in [-0.4, -0.2) is 20.7 Å². The zero-order valence-corrected chi connectivity index (χ0v) is 10.7. The van der Waals surface area contributed by atoms with E-state index >= 15 is 0 Å². The third kappa shape index (κ3) is 4.03. The van der Waals surface area contributed by atoms with E-state index in [0.717, 1.165) is 0 Å². The average molecular weight is 213 g/mol. The molecule has 0 heterocycles. The summed E-state index contributed by atoms with van der Waals surface area (Å²) in [6.45, 7) is 10.6. The molecule has 0 bridgehead atoms. The molecule has 0 aliphatic carbocycles. The van der Waals surface area contributed by atoms with Gasteiger partial charge in [0.15, 0.2) is 14.1 Å². The van der Waals surface area contributed by atoms with E-state index in [0.29, 0.717) is 0 Å². The maximum Gasteiger partial charge on any atom is 0.192 e. The van der Waals surface area contributed by atoms with Crippen molar-refractivity contribution < 1.29 is 9.22 Å². The van der Waals surface area contributed by atoms with Crippen LogP contribution in [-0.2, 0) is 9.22 Å². The lowest BCUT2D eigenvalue weighted by molar-refractivity contribution is -0.120. The number of nitrogens with zero attached hydrogens (tertiary/aromatic N) is 1. The van der Waals surface area contributed by atoms with Crippen LogP contribution in [0.2, 0.25) is 18.1 Å². The molecule has 0 N–H and O–H groups in total.